The van der Waals surface area contributed by atoms with E-state index in [1.807, 2.05) is 0 Å². The molecular formula is C18H18N6O3S. The third-order valence-electron chi connectivity index (χ3n) is 3.46. The van der Waals surface area contributed by atoms with Crippen LogP contribution >= 0.6 is 11.8 Å². The number of nitrogens with one attached hydrogen (secondary N) is 3. The van der Waals surface area contributed by atoms with Crippen LogP contribution in [0.5, 0.6) is 11.5 Å². The highest BCUT2D eigenvalue weighted by molar-refractivity contribution is 7.99. The number of aromatic hydroxyl groups is 1. The molecule has 0 atom stereocenters. The molecule has 1 aromatic heterocycles. The Morgan fingerprint density at radius 2 is 2.18 bits per heavy atom. The van der Waals surface area contributed by atoms with Gasteiger partial charge in [-0.2, -0.15) is 10.1 Å². The Hall–Kier alpha value is -3.53. The Kier molecular flexibility index (Phi) is 6.47. The quantitative estimate of drug-likeness (QED) is 0.261. The number of hydrazone groups is 1. The van der Waals surface area contributed by atoms with Crippen LogP contribution in [0.4, 0.5) is 11.6 Å². The highest BCUT2D eigenvalue weighted by Crippen LogP contribution is 2.18. The molecule has 1 heterocycles. The molecule has 0 aliphatic carbocycles. The van der Waals surface area contributed by atoms with Gasteiger partial charge in [0.2, 0.25) is 17.0 Å². The second-order valence-electron chi connectivity index (χ2n) is 5.46. The normalized spacial score (nSPS) is 10.8. The molecule has 3 aromatic rings. The van der Waals surface area contributed by atoms with E-state index < -0.39 is 0 Å². The van der Waals surface area contributed by atoms with Gasteiger partial charge in [0.15, 0.2) is 0 Å². The molecular weight excluding hydrogens is 380 g/mol. The lowest BCUT2D eigenvalue weighted by atomic mass is 10.2. The summed E-state index contributed by atoms with van der Waals surface area (Å²) < 4.78 is 5.12. The van der Waals surface area contributed by atoms with Crippen molar-refractivity contribution in [2.75, 3.05) is 23.6 Å². The third-order valence-corrected chi connectivity index (χ3v) is 4.31. The zero-order valence-corrected chi connectivity index (χ0v) is 15.7. The minimum Gasteiger partial charge on any atom is -0.507 e. The second kappa shape index (κ2) is 9.42. The van der Waals surface area contributed by atoms with Gasteiger partial charge in [-0.25, -0.2) is 10.5 Å². The first-order valence-corrected chi connectivity index (χ1v) is 9.19. The molecule has 3 rings (SSSR count). The molecule has 0 fully saturated rings. The molecule has 144 valence electrons. The molecule has 0 radical (unpaired) electrons. The summed E-state index contributed by atoms with van der Waals surface area (Å²) in [5.41, 5.74) is 3.90. The predicted molar refractivity (Wildman–Crippen MR) is 108 cm³/mol. The molecule has 0 saturated heterocycles. The summed E-state index contributed by atoms with van der Waals surface area (Å²) in [5, 5.41) is 23.5. The van der Waals surface area contributed by atoms with Crippen LogP contribution in [0.25, 0.3) is 0 Å². The molecule has 0 aliphatic heterocycles. The lowest BCUT2D eigenvalue weighted by molar-refractivity contribution is -0.113. The zero-order chi connectivity index (χ0) is 19.8. The van der Waals surface area contributed by atoms with Crippen LogP contribution in [0.2, 0.25) is 0 Å². The number of H-pyrrole nitrogens is 1. The number of rotatable bonds is 8. The van der Waals surface area contributed by atoms with Gasteiger partial charge < -0.3 is 15.2 Å². The third kappa shape index (κ3) is 5.48. The molecule has 10 heteroatoms. The first kappa shape index (κ1) is 19.2. The maximum absolute atomic E-state index is 12.1. The standard InChI is InChI=1S/C18H18N6O3S/c1-27-14-7-4-6-13(9-14)20-16(26)11-28-18-21-17(23-24-18)22-19-10-12-5-2-3-8-15(12)25/h2-10,25H,11H2,1H3,(H,20,26)(H2,21,22,23,24)/b19-10+. The highest BCUT2D eigenvalue weighted by Gasteiger charge is 2.08. The van der Waals surface area contributed by atoms with Gasteiger partial charge in [0, 0.05) is 17.3 Å². The maximum Gasteiger partial charge on any atom is 0.240 e. The van der Waals surface area contributed by atoms with Crippen LogP contribution in [0.1, 0.15) is 5.56 Å². The molecule has 9 nitrogen and oxygen atoms in total. The number of para-hydroxylation sites is 1. The number of thioether (sulfide) groups is 1. The van der Waals surface area contributed by atoms with Crippen LogP contribution < -0.4 is 15.5 Å². The molecule has 2 aromatic carbocycles. The Morgan fingerprint density at radius 3 is 3.00 bits per heavy atom. The van der Waals surface area contributed by atoms with Crippen molar-refractivity contribution in [1.82, 2.24) is 15.2 Å². The number of benzene rings is 2. The smallest absolute Gasteiger partial charge is 0.240 e. The van der Waals surface area contributed by atoms with Gasteiger partial charge in [0.25, 0.3) is 0 Å². The summed E-state index contributed by atoms with van der Waals surface area (Å²) >= 11 is 1.18. The number of phenols is 1. The Labute approximate surface area is 165 Å². The average molecular weight is 398 g/mol. The summed E-state index contributed by atoms with van der Waals surface area (Å²) in [6, 6.07) is 13.9. The van der Waals surface area contributed by atoms with E-state index in [0.717, 1.165) is 0 Å². The number of ether oxygens (including phenoxy) is 1. The van der Waals surface area contributed by atoms with Crippen LogP contribution in [-0.2, 0) is 4.79 Å². The van der Waals surface area contributed by atoms with Crippen molar-refractivity contribution in [3.8, 4) is 11.5 Å². The number of anilines is 2. The average Bonchev–Trinajstić information content (AvgIpc) is 3.16. The first-order chi connectivity index (χ1) is 13.6. The lowest BCUT2D eigenvalue weighted by Gasteiger charge is -2.06. The number of aromatic amines is 1. The van der Waals surface area contributed by atoms with Crippen molar-refractivity contribution in [1.29, 1.82) is 0 Å². The van der Waals surface area contributed by atoms with Crippen molar-refractivity contribution in [2.24, 2.45) is 5.10 Å². The van der Waals surface area contributed by atoms with E-state index in [1.54, 1.807) is 55.6 Å². The van der Waals surface area contributed by atoms with Crippen LogP contribution in [0.3, 0.4) is 0 Å². The topological polar surface area (TPSA) is 125 Å². The van der Waals surface area contributed by atoms with E-state index in [-0.39, 0.29) is 17.4 Å². The van der Waals surface area contributed by atoms with E-state index in [9.17, 15) is 9.90 Å². The van der Waals surface area contributed by atoms with Gasteiger partial charge in [-0.15, -0.1) is 5.10 Å². The number of nitrogens with zero attached hydrogens (tertiary/aromatic N) is 3. The van der Waals surface area contributed by atoms with Crippen molar-refractivity contribution < 1.29 is 14.6 Å². The fourth-order valence-corrected chi connectivity index (χ4v) is 2.75. The summed E-state index contributed by atoms with van der Waals surface area (Å²) in [7, 11) is 1.57. The molecule has 1 amide bonds. The fourth-order valence-electron chi connectivity index (χ4n) is 2.15. The summed E-state index contributed by atoms with van der Waals surface area (Å²) in [5.74, 6) is 1.08. The number of hydrogen-bond acceptors (Lipinski definition) is 8. The molecule has 0 aliphatic rings. The summed E-state index contributed by atoms with van der Waals surface area (Å²) in [4.78, 5) is 16.2. The van der Waals surface area contributed by atoms with Gasteiger partial charge in [-0.3, -0.25) is 4.79 Å². The number of carbonyl (C=O) groups is 1. The van der Waals surface area contributed by atoms with Crippen molar-refractivity contribution in [3.05, 3.63) is 54.1 Å². The lowest BCUT2D eigenvalue weighted by Crippen LogP contribution is -2.14. The first-order valence-electron chi connectivity index (χ1n) is 8.20. The molecule has 0 bridgehead atoms. The largest absolute Gasteiger partial charge is 0.507 e. The van der Waals surface area contributed by atoms with E-state index in [0.29, 0.717) is 28.1 Å². The van der Waals surface area contributed by atoms with Crippen molar-refractivity contribution in [2.45, 2.75) is 5.16 Å². The Morgan fingerprint density at radius 1 is 1.32 bits per heavy atom. The maximum atomic E-state index is 12.1. The summed E-state index contributed by atoms with van der Waals surface area (Å²) in [6.45, 7) is 0. The minimum atomic E-state index is -0.185. The number of hydrogen-bond donors (Lipinski definition) is 4. The van der Waals surface area contributed by atoms with E-state index >= 15 is 0 Å². The van der Waals surface area contributed by atoms with Crippen molar-refractivity contribution >= 4 is 35.5 Å². The molecule has 0 unspecified atom stereocenters. The molecule has 4 N–H and O–H groups in total. The number of carbonyl (C=O) groups excluding carboxylic acids is 1. The molecule has 0 saturated carbocycles. The Balaban J connectivity index is 1.47. The van der Waals surface area contributed by atoms with Gasteiger partial charge in [0.1, 0.15) is 11.5 Å². The minimum absolute atomic E-state index is 0.129. The van der Waals surface area contributed by atoms with Gasteiger partial charge >= 0.3 is 0 Å². The SMILES string of the molecule is COc1cccc(NC(=O)CSc2n[nH]c(N/N=C/c3ccccc3O)n2)c1. The predicted octanol–water partition coefficient (Wildman–Crippen LogP) is 2.70. The zero-order valence-electron chi connectivity index (χ0n) is 14.9. The second-order valence-corrected chi connectivity index (χ2v) is 6.41. The van der Waals surface area contributed by atoms with Crippen LogP contribution in [0, 0.1) is 0 Å². The number of phenolic OH excluding ortho intramolecular Hbond substituents is 1. The van der Waals surface area contributed by atoms with Gasteiger partial charge in [-0.1, -0.05) is 30.0 Å². The van der Waals surface area contributed by atoms with Gasteiger partial charge in [-0.05, 0) is 24.3 Å². The highest BCUT2D eigenvalue weighted by atomic mass is 32.2. The van der Waals surface area contributed by atoms with E-state index in [2.05, 4.69) is 31.0 Å². The number of aromatic nitrogens is 3. The fraction of sp³-hybridized carbons (Fsp3) is 0.111. The van der Waals surface area contributed by atoms with E-state index in [1.165, 1.54) is 18.0 Å². The molecule has 28 heavy (non-hydrogen) atoms. The van der Waals surface area contributed by atoms with Gasteiger partial charge in [0.05, 0.1) is 19.1 Å². The Bertz CT molecular complexity index is 975. The van der Waals surface area contributed by atoms with Crippen LogP contribution in [-0.4, -0.2) is 45.3 Å². The molecule has 0 spiro atoms. The van der Waals surface area contributed by atoms with E-state index in [4.69, 9.17) is 4.74 Å². The van der Waals surface area contributed by atoms with Crippen LogP contribution in [0.15, 0.2) is 58.8 Å². The number of methoxy groups -OCH3 is 1. The number of amides is 1. The monoisotopic (exact) mass is 398 g/mol. The summed E-state index contributed by atoms with van der Waals surface area (Å²) in [6.07, 6.45) is 1.46. The van der Waals surface area contributed by atoms with Crippen molar-refractivity contribution in [3.63, 3.8) is 0 Å².